The van der Waals surface area contributed by atoms with Crippen LogP contribution in [0.25, 0.3) is 0 Å². The van der Waals surface area contributed by atoms with Crippen LogP contribution in [0.3, 0.4) is 0 Å². The molecular formula is C8H11N3O2. The van der Waals surface area contributed by atoms with Gasteiger partial charge in [0.15, 0.2) is 0 Å². The van der Waals surface area contributed by atoms with Crippen LogP contribution in [0.2, 0.25) is 0 Å². The molecule has 2 N–H and O–H groups in total. The molecule has 0 aliphatic carbocycles. The minimum absolute atomic E-state index is 0.189. The van der Waals surface area contributed by atoms with Gasteiger partial charge in [-0.25, -0.2) is 5.48 Å². The largest absolute Gasteiger partial charge is 0.378 e. The van der Waals surface area contributed by atoms with Crippen molar-refractivity contribution in [3.05, 3.63) is 24.0 Å². The molecule has 70 valence electrons. The summed E-state index contributed by atoms with van der Waals surface area (Å²) in [6, 6.07) is 3.36. The highest BCUT2D eigenvalue weighted by Crippen LogP contribution is 2.10. The normalized spacial score (nSPS) is 9.46. The van der Waals surface area contributed by atoms with Crippen molar-refractivity contribution in [1.82, 2.24) is 10.5 Å². The van der Waals surface area contributed by atoms with E-state index in [1.54, 1.807) is 12.1 Å². The third-order valence-corrected chi connectivity index (χ3v) is 1.59. The number of pyridine rings is 1. The predicted octanol–water partition coefficient (Wildman–Crippen LogP) is 0.267. The van der Waals surface area contributed by atoms with E-state index in [2.05, 4.69) is 4.98 Å². The Labute approximate surface area is 76.0 Å². The summed E-state index contributed by atoms with van der Waals surface area (Å²) in [4.78, 5) is 16.6. The fourth-order valence-electron chi connectivity index (χ4n) is 0.879. The first-order valence-electron chi connectivity index (χ1n) is 3.73. The summed E-state index contributed by atoms with van der Waals surface area (Å²) in [6.07, 6.45) is 1.51. The van der Waals surface area contributed by atoms with Gasteiger partial charge >= 0.3 is 0 Å². The van der Waals surface area contributed by atoms with E-state index in [1.165, 1.54) is 11.7 Å². The molecule has 5 heteroatoms. The van der Waals surface area contributed by atoms with Gasteiger partial charge in [0.25, 0.3) is 5.91 Å². The van der Waals surface area contributed by atoms with E-state index in [9.17, 15) is 4.79 Å². The number of hydrogen-bond acceptors (Lipinski definition) is 4. The molecule has 1 amide bonds. The van der Waals surface area contributed by atoms with E-state index in [0.717, 1.165) is 5.69 Å². The minimum Gasteiger partial charge on any atom is -0.378 e. The van der Waals surface area contributed by atoms with Crippen molar-refractivity contribution < 1.29 is 10.0 Å². The zero-order valence-electron chi connectivity index (χ0n) is 7.48. The third kappa shape index (κ3) is 2.16. The first-order valence-corrected chi connectivity index (χ1v) is 3.73. The molecule has 0 fully saturated rings. The third-order valence-electron chi connectivity index (χ3n) is 1.59. The van der Waals surface area contributed by atoms with E-state index >= 15 is 0 Å². The fraction of sp³-hybridized carbons (Fsp3) is 0.250. The molecule has 1 heterocycles. The minimum atomic E-state index is -0.608. The summed E-state index contributed by atoms with van der Waals surface area (Å²) < 4.78 is 0. The van der Waals surface area contributed by atoms with Gasteiger partial charge in [0, 0.05) is 26.0 Å². The number of anilines is 1. The average molecular weight is 181 g/mol. The quantitative estimate of drug-likeness (QED) is 0.507. The van der Waals surface area contributed by atoms with Crippen LogP contribution in [0, 0.1) is 0 Å². The summed E-state index contributed by atoms with van der Waals surface area (Å²) in [6.45, 7) is 0. The van der Waals surface area contributed by atoms with E-state index in [0.29, 0.717) is 0 Å². The molecule has 1 rings (SSSR count). The van der Waals surface area contributed by atoms with E-state index in [1.807, 2.05) is 19.0 Å². The number of aromatic nitrogens is 1. The molecule has 0 unspecified atom stereocenters. The molecule has 1 aromatic rings. The molecule has 0 saturated carbocycles. The zero-order chi connectivity index (χ0) is 9.84. The molecular weight excluding hydrogens is 170 g/mol. The van der Waals surface area contributed by atoms with Gasteiger partial charge in [0.2, 0.25) is 0 Å². The molecule has 0 spiro atoms. The molecule has 0 aliphatic rings. The standard InChI is InChI=1S/C8H11N3O2/c1-11(2)6-3-4-9-7(5-6)8(12)10-13/h3-5,13H,1-2H3,(H,10,12). The van der Waals surface area contributed by atoms with Crippen LogP contribution in [-0.4, -0.2) is 30.2 Å². The van der Waals surface area contributed by atoms with Crippen LogP contribution >= 0.6 is 0 Å². The van der Waals surface area contributed by atoms with Crippen molar-refractivity contribution in [2.45, 2.75) is 0 Å². The van der Waals surface area contributed by atoms with Gasteiger partial charge in [-0.15, -0.1) is 0 Å². The number of carbonyl (C=O) groups is 1. The van der Waals surface area contributed by atoms with Crippen molar-refractivity contribution in [1.29, 1.82) is 0 Å². The Balaban J connectivity index is 2.98. The maximum absolute atomic E-state index is 10.9. The maximum atomic E-state index is 10.9. The molecule has 1 aromatic heterocycles. The Morgan fingerprint density at radius 2 is 2.31 bits per heavy atom. The number of hydrogen-bond donors (Lipinski definition) is 2. The lowest BCUT2D eigenvalue weighted by Gasteiger charge is -2.12. The van der Waals surface area contributed by atoms with Gasteiger partial charge in [-0.3, -0.25) is 15.0 Å². The van der Waals surface area contributed by atoms with Crippen molar-refractivity contribution in [3.8, 4) is 0 Å². The molecule has 5 nitrogen and oxygen atoms in total. The highest BCUT2D eigenvalue weighted by molar-refractivity contribution is 5.92. The first-order chi connectivity index (χ1) is 6.15. The fourth-order valence-corrected chi connectivity index (χ4v) is 0.879. The lowest BCUT2D eigenvalue weighted by Crippen LogP contribution is -2.20. The summed E-state index contributed by atoms with van der Waals surface area (Å²) in [5.41, 5.74) is 2.57. The first kappa shape index (κ1) is 9.47. The van der Waals surface area contributed by atoms with Crippen LogP contribution < -0.4 is 10.4 Å². The molecule has 13 heavy (non-hydrogen) atoms. The Bertz CT molecular complexity index is 312. The predicted molar refractivity (Wildman–Crippen MR) is 47.8 cm³/mol. The second kappa shape index (κ2) is 3.86. The van der Waals surface area contributed by atoms with Crippen LogP contribution in [0.4, 0.5) is 5.69 Å². The van der Waals surface area contributed by atoms with Crippen LogP contribution in [0.15, 0.2) is 18.3 Å². The smallest absolute Gasteiger partial charge is 0.293 e. The van der Waals surface area contributed by atoms with Gasteiger partial charge in [-0.05, 0) is 12.1 Å². The highest BCUT2D eigenvalue weighted by Gasteiger charge is 2.06. The Kier molecular flexibility index (Phi) is 2.81. The van der Waals surface area contributed by atoms with Gasteiger partial charge in [-0.1, -0.05) is 0 Å². The summed E-state index contributed by atoms with van der Waals surface area (Å²) in [5.74, 6) is -0.608. The van der Waals surface area contributed by atoms with Crippen molar-refractivity contribution in [2.24, 2.45) is 0 Å². The Hall–Kier alpha value is -1.62. The van der Waals surface area contributed by atoms with Crippen LogP contribution in [0.1, 0.15) is 10.5 Å². The SMILES string of the molecule is CN(C)c1ccnc(C(=O)NO)c1. The lowest BCUT2D eigenvalue weighted by atomic mass is 10.3. The maximum Gasteiger partial charge on any atom is 0.293 e. The van der Waals surface area contributed by atoms with Crippen molar-refractivity contribution >= 4 is 11.6 Å². The van der Waals surface area contributed by atoms with Crippen molar-refractivity contribution in [2.75, 3.05) is 19.0 Å². The van der Waals surface area contributed by atoms with Gasteiger partial charge < -0.3 is 4.90 Å². The molecule has 0 aliphatic heterocycles. The number of rotatable bonds is 2. The van der Waals surface area contributed by atoms with Crippen LogP contribution in [-0.2, 0) is 0 Å². The molecule has 0 bridgehead atoms. The van der Waals surface area contributed by atoms with Crippen molar-refractivity contribution in [3.63, 3.8) is 0 Å². The average Bonchev–Trinajstić information content (AvgIpc) is 2.17. The summed E-state index contributed by atoms with van der Waals surface area (Å²) in [5, 5.41) is 8.36. The number of amides is 1. The zero-order valence-corrected chi connectivity index (χ0v) is 7.48. The number of nitrogens with zero attached hydrogens (tertiary/aromatic N) is 2. The monoisotopic (exact) mass is 181 g/mol. The summed E-state index contributed by atoms with van der Waals surface area (Å²) >= 11 is 0. The van der Waals surface area contributed by atoms with E-state index < -0.39 is 5.91 Å². The molecule has 0 atom stereocenters. The number of hydroxylamine groups is 1. The Morgan fingerprint density at radius 1 is 1.62 bits per heavy atom. The second-order valence-corrected chi connectivity index (χ2v) is 2.73. The molecule has 0 radical (unpaired) electrons. The number of carbonyl (C=O) groups excluding carboxylic acids is 1. The number of nitrogens with one attached hydrogen (secondary N) is 1. The van der Waals surface area contributed by atoms with Gasteiger partial charge in [0.1, 0.15) is 5.69 Å². The van der Waals surface area contributed by atoms with Crippen LogP contribution in [0.5, 0.6) is 0 Å². The topological polar surface area (TPSA) is 65.5 Å². The van der Waals surface area contributed by atoms with E-state index in [-0.39, 0.29) is 5.69 Å². The second-order valence-electron chi connectivity index (χ2n) is 2.73. The van der Waals surface area contributed by atoms with Gasteiger partial charge in [0.05, 0.1) is 0 Å². The van der Waals surface area contributed by atoms with E-state index in [4.69, 9.17) is 5.21 Å². The Morgan fingerprint density at radius 3 is 2.85 bits per heavy atom. The molecule has 0 saturated heterocycles. The van der Waals surface area contributed by atoms with Gasteiger partial charge in [-0.2, -0.15) is 0 Å². The lowest BCUT2D eigenvalue weighted by molar-refractivity contribution is 0.0701. The molecule has 0 aromatic carbocycles. The highest BCUT2D eigenvalue weighted by atomic mass is 16.5. The summed E-state index contributed by atoms with van der Waals surface area (Å²) in [7, 11) is 3.71.